The highest BCUT2D eigenvalue weighted by atomic mass is 19.1. The highest BCUT2D eigenvalue weighted by molar-refractivity contribution is 5.87. The van der Waals surface area contributed by atoms with E-state index in [1.807, 2.05) is 19.9 Å². The molecule has 4 nitrogen and oxygen atoms in total. The van der Waals surface area contributed by atoms with Crippen LogP contribution in [0.3, 0.4) is 0 Å². The van der Waals surface area contributed by atoms with Crippen molar-refractivity contribution in [1.29, 1.82) is 0 Å². The Kier molecular flexibility index (Phi) is 2.82. The number of aromatic nitrogens is 1. The zero-order valence-electron chi connectivity index (χ0n) is 11.1. The molecule has 2 aromatic heterocycles. The molecule has 0 radical (unpaired) electrons. The van der Waals surface area contributed by atoms with Gasteiger partial charge in [-0.3, -0.25) is 0 Å². The number of hydrogen-bond acceptors (Lipinski definition) is 4. The lowest BCUT2D eigenvalue weighted by molar-refractivity contribution is 0.434. The average molecular weight is 272 g/mol. The summed E-state index contributed by atoms with van der Waals surface area (Å²) >= 11 is 0. The summed E-state index contributed by atoms with van der Waals surface area (Å²) < 4.78 is 24.2. The lowest BCUT2D eigenvalue weighted by Gasteiger charge is -2.02. The lowest BCUT2D eigenvalue weighted by Crippen LogP contribution is -1.89. The van der Waals surface area contributed by atoms with Gasteiger partial charge in [0.2, 0.25) is 0 Å². The number of aryl methyl sites for hydroxylation is 2. The van der Waals surface area contributed by atoms with E-state index in [0.717, 1.165) is 11.3 Å². The second-order valence-corrected chi connectivity index (χ2v) is 4.61. The van der Waals surface area contributed by atoms with Crippen LogP contribution >= 0.6 is 0 Å². The molecule has 0 aliphatic rings. The van der Waals surface area contributed by atoms with Crippen LogP contribution in [0.5, 0.6) is 0 Å². The van der Waals surface area contributed by atoms with Crippen molar-refractivity contribution >= 4 is 5.82 Å². The van der Waals surface area contributed by atoms with E-state index >= 15 is 0 Å². The topological polar surface area (TPSA) is 65.2 Å². The number of rotatable bonds is 2. The summed E-state index contributed by atoms with van der Waals surface area (Å²) in [5, 5.41) is 3.79. The molecule has 2 heterocycles. The second-order valence-electron chi connectivity index (χ2n) is 4.61. The van der Waals surface area contributed by atoms with Gasteiger partial charge >= 0.3 is 0 Å². The van der Waals surface area contributed by atoms with E-state index in [1.165, 1.54) is 12.1 Å². The lowest BCUT2D eigenvalue weighted by atomic mass is 10.0. The maximum atomic E-state index is 13.4. The van der Waals surface area contributed by atoms with Crippen LogP contribution in [0.15, 0.2) is 39.3 Å². The number of nitrogens with zero attached hydrogens (tertiary/aromatic N) is 1. The Balaban J connectivity index is 2.22. The van der Waals surface area contributed by atoms with Crippen LogP contribution in [0.1, 0.15) is 11.5 Å². The molecule has 0 unspecified atom stereocenters. The van der Waals surface area contributed by atoms with Crippen LogP contribution in [0.2, 0.25) is 0 Å². The van der Waals surface area contributed by atoms with Crippen LogP contribution in [-0.4, -0.2) is 5.16 Å². The van der Waals surface area contributed by atoms with Gasteiger partial charge in [-0.1, -0.05) is 17.3 Å². The molecule has 0 amide bonds. The fourth-order valence-electron chi connectivity index (χ4n) is 2.27. The van der Waals surface area contributed by atoms with Gasteiger partial charge in [0.05, 0.1) is 11.1 Å². The minimum Gasteiger partial charge on any atom is -0.466 e. The highest BCUT2D eigenvalue weighted by Gasteiger charge is 2.21. The van der Waals surface area contributed by atoms with Crippen LogP contribution in [0.4, 0.5) is 10.2 Å². The van der Waals surface area contributed by atoms with Gasteiger partial charge in [0.1, 0.15) is 17.3 Å². The largest absolute Gasteiger partial charge is 0.466 e. The maximum absolute atomic E-state index is 13.4. The molecule has 0 aliphatic carbocycles. The highest BCUT2D eigenvalue weighted by Crippen LogP contribution is 2.38. The third-order valence-corrected chi connectivity index (χ3v) is 3.12. The minimum atomic E-state index is -0.339. The van der Waals surface area contributed by atoms with Crippen LogP contribution < -0.4 is 5.73 Å². The molecule has 102 valence electrons. The number of nitrogens with two attached hydrogens (primary N) is 1. The molecule has 0 fully saturated rings. The maximum Gasteiger partial charge on any atom is 0.180 e. The van der Waals surface area contributed by atoms with Crippen LogP contribution in [-0.2, 0) is 0 Å². The number of nitrogen functional groups attached to an aromatic ring is 1. The molecule has 0 saturated carbocycles. The first-order valence-corrected chi connectivity index (χ1v) is 6.14. The van der Waals surface area contributed by atoms with E-state index in [9.17, 15) is 4.39 Å². The van der Waals surface area contributed by atoms with Crippen molar-refractivity contribution in [3.63, 3.8) is 0 Å². The predicted molar refractivity (Wildman–Crippen MR) is 73.5 cm³/mol. The van der Waals surface area contributed by atoms with Gasteiger partial charge in [-0.2, -0.15) is 0 Å². The Bertz CT molecular complexity index is 774. The molecule has 0 bridgehead atoms. The number of halogens is 1. The van der Waals surface area contributed by atoms with Gasteiger partial charge in [-0.25, -0.2) is 4.39 Å². The predicted octanol–water partition coefficient (Wildman–Crippen LogP) is 3.94. The average Bonchev–Trinajstić information content (AvgIpc) is 2.92. The number of benzene rings is 1. The first-order valence-electron chi connectivity index (χ1n) is 6.14. The SMILES string of the molecule is Cc1cc(-c2onc(N)c2-c2cccc(F)c2)c(C)o1. The van der Waals surface area contributed by atoms with E-state index in [4.69, 9.17) is 14.7 Å². The molecule has 0 aliphatic heterocycles. The summed E-state index contributed by atoms with van der Waals surface area (Å²) in [5.41, 5.74) is 7.83. The van der Waals surface area contributed by atoms with Crippen molar-refractivity contribution in [3.05, 3.63) is 47.7 Å². The quantitative estimate of drug-likeness (QED) is 0.767. The Labute approximate surface area is 115 Å². The normalized spacial score (nSPS) is 10.9. The summed E-state index contributed by atoms with van der Waals surface area (Å²) in [5.74, 6) is 1.84. The van der Waals surface area contributed by atoms with Crippen molar-refractivity contribution in [2.75, 3.05) is 5.73 Å². The Morgan fingerprint density at radius 2 is 2.00 bits per heavy atom. The minimum absolute atomic E-state index is 0.226. The van der Waals surface area contributed by atoms with Gasteiger partial charge in [0.25, 0.3) is 0 Å². The molecule has 1 aromatic carbocycles. The third-order valence-electron chi connectivity index (χ3n) is 3.12. The van der Waals surface area contributed by atoms with Crippen molar-refractivity contribution < 1.29 is 13.3 Å². The first-order chi connectivity index (χ1) is 9.56. The molecule has 3 rings (SSSR count). The van der Waals surface area contributed by atoms with E-state index in [2.05, 4.69) is 5.16 Å². The van der Waals surface area contributed by atoms with Gasteiger partial charge in [0.15, 0.2) is 11.6 Å². The second kappa shape index (κ2) is 4.52. The molecule has 3 aromatic rings. The fourth-order valence-corrected chi connectivity index (χ4v) is 2.27. The Morgan fingerprint density at radius 1 is 1.20 bits per heavy atom. The van der Waals surface area contributed by atoms with Crippen molar-refractivity contribution in [3.8, 4) is 22.5 Å². The molecule has 0 atom stereocenters. The van der Waals surface area contributed by atoms with E-state index in [-0.39, 0.29) is 11.6 Å². The van der Waals surface area contributed by atoms with Gasteiger partial charge in [-0.05, 0) is 37.6 Å². The molecular weight excluding hydrogens is 259 g/mol. The monoisotopic (exact) mass is 272 g/mol. The number of furan rings is 1. The van der Waals surface area contributed by atoms with Crippen molar-refractivity contribution in [2.45, 2.75) is 13.8 Å². The van der Waals surface area contributed by atoms with Crippen LogP contribution in [0, 0.1) is 19.7 Å². The zero-order chi connectivity index (χ0) is 14.3. The molecule has 2 N–H and O–H groups in total. The first kappa shape index (κ1) is 12.5. The molecular formula is C15H13FN2O2. The smallest absolute Gasteiger partial charge is 0.180 e. The summed E-state index contributed by atoms with van der Waals surface area (Å²) in [7, 11) is 0. The molecule has 0 spiro atoms. The molecule has 0 saturated heterocycles. The Morgan fingerprint density at radius 3 is 2.65 bits per heavy atom. The van der Waals surface area contributed by atoms with Gasteiger partial charge < -0.3 is 14.7 Å². The van der Waals surface area contributed by atoms with E-state index < -0.39 is 0 Å². The van der Waals surface area contributed by atoms with Crippen molar-refractivity contribution in [2.24, 2.45) is 0 Å². The molecule has 20 heavy (non-hydrogen) atoms. The number of hydrogen-bond donors (Lipinski definition) is 1. The number of anilines is 1. The summed E-state index contributed by atoms with van der Waals surface area (Å²) in [6.07, 6.45) is 0. The van der Waals surface area contributed by atoms with E-state index in [1.54, 1.807) is 12.1 Å². The summed E-state index contributed by atoms with van der Waals surface area (Å²) in [6.45, 7) is 3.68. The standard InChI is InChI=1S/C15H13FN2O2/c1-8-6-12(9(2)19-8)14-13(15(17)18-20-14)10-4-3-5-11(16)7-10/h3-7H,1-2H3,(H2,17,18). The van der Waals surface area contributed by atoms with Crippen LogP contribution in [0.25, 0.3) is 22.5 Å². The zero-order valence-corrected chi connectivity index (χ0v) is 11.1. The van der Waals surface area contributed by atoms with Gasteiger partial charge in [0, 0.05) is 0 Å². The third kappa shape index (κ3) is 1.97. The van der Waals surface area contributed by atoms with Crippen molar-refractivity contribution in [1.82, 2.24) is 5.16 Å². The van der Waals surface area contributed by atoms with E-state index in [0.29, 0.717) is 22.6 Å². The summed E-state index contributed by atoms with van der Waals surface area (Å²) in [6, 6.07) is 8.00. The summed E-state index contributed by atoms with van der Waals surface area (Å²) in [4.78, 5) is 0. The molecule has 5 heteroatoms. The van der Waals surface area contributed by atoms with Gasteiger partial charge in [-0.15, -0.1) is 0 Å². The fraction of sp³-hybridized carbons (Fsp3) is 0.133. The Hall–Kier alpha value is -2.56.